The number of pyridine rings is 1. The summed E-state index contributed by atoms with van der Waals surface area (Å²) in [5, 5.41) is 1.16. The van der Waals surface area contributed by atoms with Crippen LogP contribution in [-0.2, 0) is 0 Å². The molecule has 4 heteroatoms. The summed E-state index contributed by atoms with van der Waals surface area (Å²) in [5.41, 5.74) is 4.15. The lowest BCUT2D eigenvalue weighted by Crippen LogP contribution is -1.82. The molecule has 0 aliphatic heterocycles. The van der Waals surface area contributed by atoms with Crippen molar-refractivity contribution < 1.29 is 0 Å². The van der Waals surface area contributed by atoms with E-state index < -0.39 is 0 Å². The standard InChI is InChI=1S/C13H8BrN3/c14-8-4-5-9-10(7-8)15-13-12(9)16-11-3-1-2-6-17(11)13/h1-7,15H. The SMILES string of the molecule is Brc1ccc2c(c1)[nH]c1c2nc2ccccn21. The first-order chi connectivity index (χ1) is 8.33. The fourth-order valence-corrected chi connectivity index (χ4v) is 2.62. The lowest BCUT2D eigenvalue weighted by atomic mass is 10.2. The summed E-state index contributed by atoms with van der Waals surface area (Å²) in [6.45, 7) is 0. The summed E-state index contributed by atoms with van der Waals surface area (Å²) in [7, 11) is 0. The predicted octanol–water partition coefficient (Wildman–Crippen LogP) is 3.73. The molecule has 0 radical (unpaired) electrons. The van der Waals surface area contributed by atoms with Crippen molar-refractivity contribution in [3.63, 3.8) is 0 Å². The highest BCUT2D eigenvalue weighted by Crippen LogP contribution is 2.27. The molecule has 1 N–H and O–H groups in total. The van der Waals surface area contributed by atoms with Gasteiger partial charge in [-0.2, -0.15) is 0 Å². The van der Waals surface area contributed by atoms with Crippen molar-refractivity contribution in [2.75, 3.05) is 0 Å². The lowest BCUT2D eigenvalue weighted by Gasteiger charge is -1.93. The maximum atomic E-state index is 4.65. The first-order valence-electron chi connectivity index (χ1n) is 5.37. The number of imidazole rings is 1. The number of H-pyrrole nitrogens is 1. The molecule has 0 unspecified atom stereocenters. The highest BCUT2D eigenvalue weighted by molar-refractivity contribution is 9.10. The number of rotatable bonds is 0. The number of hydrogen-bond donors (Lipinski definition) is 1. The van der Waals surface area contributed by atoms with Gasteiger partial charge < -0.3 is 4.98 Å². The van der Waals surface area contributed by atoms with Crippen LogP contribution in [0.2, 0.25) is 0 Å². The van der Waals surface area contributed by atoms with Gasteiger partial charge >= 0.3 is 0 Å². The fraction of sp³-hybridized carbons (Fsp3) is 0. The number of hydrogen-bond acceptors (Lipinski definition) is 1. The van der Waals surface area contributed by atoms with Gasteiger partial charge in [0.15, 0.2) is 0 Å². The van der Waals surface area contributed by atoms with Crippen LogP contribution in [0.3, 0.4) is 0 Å². The van der Waals surface area contributed by atoms with Gasteiger partial charge in [0.05, 0.1) is 5.52 Å². The monoisotopic (exact) mass is 285 g/mol. The molecule has 4 rings (SSSR count). The number of benzene rings is 1. The summed E-state index contributed by atoms with van der Waals surface area (Å²) in [6.07, 6.45) is 2.02. The van der Waals surface area contributed by atoms with E-state index in [0.29, 0.717) is 0 Å². The number of halogens is 1. The molecule has 0 saturated carbocycles. The number of aromatic amines is 1. The zero-order valence-corrected chi connectivity index (χ0v) is 10.4. The average Bonchev–Trinajstić information content (AvgIpc) is 2.84. The second-order valence-electron chi connectivity index (χ2n) is 4.05. The Labute approximate surface area is 105 Å². The highest BCUT2D eigenvalue weighted by atomic mass is 79.9. The second kappa shape index (κ2) is 3.11. The normalized spacial score (nSPS) is 11.8. The van der Waals surface area contributed by atoms with Crippen LogP contribution in [0.25, 0.3) is 27.7 Å². The molecule has 3 nitrogen and oxygen atoms in total. The summed E-state index contributed by atoms with van der Waals surface area (Å²) in [4.78, 5) is 8.06. The predicted molar refractivity (Wildman–Crippen MR) is 72.3 cm³/mol. The molecule has 0 aliphatic rings. The van der Waals surface area contributed by atoms with Gasteiger partial charge in [-0.25, -0.2) is 4.98 Å². The van der Waals surface area contributed by atoms with Crippen LogP contribution in [0.1, 0.15) is 0 Å². The zero-order valence-electron chi connectivity index (χ0n) is 8.81. The molecule has 17 heavy (non-hydrogen) atoms. The average molecular weight is 286 g/mol. The Morgan fingerprint density at radius 3 is 3.06 bits per heavy atom. The first kappa shape index (κ1) is 9.24. The maximum Gasteiger partial charge on any atom is 0.143 e. The van der Waals surface area contributed by atoms with Crippen molar-refractivity contribution in [2.45, 2.75) is 0 Å². The van der Waals surface area contributed by atoms with E-state index in [4.69, 9.17) is 0 Å². The quantitative estimate of drug-likeness (QED) is 0.525. The molecular formula is C13H8BrN3. The number of nitrogens with one attached hydrogen (secondary N) is 1. The molecule has 1 aromatic carbocycles. The van der Waals surface area contributed by atoms with Crippen molar-refractivity contribution in [3.05, 3.63) is 47.1 Å². The molecule has 0 atom stereocenters. The summed E-state index contributed by atoms with van der Waals surface area (Å²) < 4.78 is 3.15. The largest absolute Gasteiger partial charge is 0.339 e. The first-order valence-corrected chi connectivity index (χ1v) is 6.16. The van der Waals surface area contributed by atoms with Crippen LogP contribution in [-0.4, -0.2) is 14.4 Å². The molecular weight excluding hydrogens is 278 g/mol. The minimum absolute atomic E-state index is 0.971. The van der Waals surface area contributed by atoms with Gasteiger partial charge in [-0.1, -0.05) is 22.0 Å². The molecule has 82 valence electrons. The maximum absolute atomic E-state index is 4.65. The van der Waals surface area contributed by atoms with Crippen LogP contribution in [0, 0.1) is 0 Å². The van der Waals surface area contributed by atoms with Gasteiger partial charge in [-0.3, -0.25) is 4.40 Å². The Bertz CT molecular complexity index is 857. The Morgan fingerprint density at radius 2 is 2.12 bits per heavy atom. The molecule has 0 fully saturated rings. The minimum atomic E-state index is 0.971. The molecule has 0 saturated heterocycles. The van der Waals surface area contributed by atoms with Crippen LogP contribution >= 0.6 is 15.9 Å². The van der Waals surface area contributed by atoms with E-state index >= 15 is 0 Å². The van der Waals surface area contributed by atoms with E-state index in [1.807, 2.05) is 30.5 Å². The summed E-state index contributed by atoms with van der Waals surface area (Å²) in [6, 6.07) is 12.2. The Balaban J connectivity index is 2.29. The smallest absolute Gasteiger partial charge is 0.143 e. The molecule has 0 amide bonds. The van der Waals surface area contributed by atoms with Crippen molar-refractivity contribution in [2.24, 2.45) is 0 Å². The topological polar surface area (TPSA) is 33.1 Å². The van der Waals surface area contributed by atoms with Crippen LogP contribution in [0.5, 0.6) is 0 Å². The Kier molecular flexibility index (Phi) is 1.69. The highest BCUT2D eigenvalue weighted by Gasteiger charge is 2.10. The molecule has 0 spiro atoms. The van der Waals surface area contributed by atoms with Crippen molar-refractivity contribution in [1.82, 2.24) is 14.4 Å². The third-order valence-electron chi connectivity index (χ3n) is 3.02. The van der Waals surface area contributed by atoms with Gasteiger partial charge in [0.1, 0.15) is 16.8 Å². The Morgan fingerprint density at radius 1 is 1.18 bits per heavy atom. The van der Waals surface area contributed by atoms with E-state index in [0.717, 1.165) is 32.2 Å². The summed E-state index contributed by atoms with van der Waals surface area (Å²) >= 11 is 3.48. The van der Waals surface area contributed by atoms with Gasteiger partial charge in [0.25, 0.3) is 0 Å². The minimum Gasteiger partial charge on any atom is -0.339 e. The van der Waals surface area contributed by atoms with E-state index in [2.05, 4.69) is 42.4 Å². The van der Waals surface area contributed by atoms with Gasteiger partial charge in [0.2, 0.25) is 0 Å². The molecule has 4 aromatic rings. The van der Waals surface area contributed by atoms with Crippen molar-refractivity contribution in [1.29, 1.82) is 0 Å². The molecule has 0 bridgehead atoms. The molecule has 0 aliphatic carbocycles. The lowest BCUT2D eigenvalue weighted by molar-refractivity contribution is 1.20. The van der Waals surface area contributed by atoms with E-state index in [-0.39, 0.29) is 0 Å². The Hall–Kier alpha value is -1.81. The van der Waals surface area contributed by atoms with Crippen LogP contribution < -0.4 is 0 Å². The van der Waals surface area contributed by atoms with E-state index in [9.17, 15) is 0 Å². The summed E-state index contributed by atoms with van der Waals surface area (Å²) in [5.74, 6) is 0. The van der Waals surface area contributed by atoms with Crippen LogP contribution in [0.15, 0.2) is 47.1 Å². The molecule has 3 heterocycles. The number of aromatic nitrogens is 3. The zero-order chi connectivity index (χ0) is 11.4. The number of nitrogens with zero attached hydrogens (tertiary/aromatic N) is 2. The molecule has 3 aromatic heterocycles. The number of fused-ring (bicyclic) bond motifs is 5. The van der Waals surface area contributed by atoms with Gasteiger partial charge in [0, 0.05) is 16.1 Å². The van der Waals surface area contributed by atoms with Crippen LogP contribution in [0.4, 0.5) is 0 Å². The van der Waals surface area contributed by atoms with E-state index in [1.54, 1.807) is 0 Å². The third-order valence-corrected chi connectivity index (χ3v) is 3.51. The van der Waals surface area contributed by atoms with Crippen molar-refractivity contribution in [3.8, 4) is 0 Å². The van der Waals surface area contributed by atoms with Gasteiger partial charge in [-0.15, -0.1) is 0 Å². The second-order valence-corrected chi connectivity index (χ2v) is 4.97. The van der Waals surface area contributed by atoms with E-state index in [1.165, 1.54) is 0 Å². The van der Waals surface area contributed by atoms with Gasteiger partial charge in [-0.05, 0) is 30.3 Å². The third kappa shape index (κ3) is 1.18. The van der Waals surface area contributed by atoms with Crippen molar-refractivity contribution >= 4 is 43.6 Å². The fourth-order valence-electron chi connectivity index (χ4n) is 2.26.